The van der Waals surface area contributed by atoms with Crippen molar-refractivity contribution in [3.8, 4) is 0 Å². The van der Waals surface area contributed by atoms with Crippen LogP contribution in [-0.2, 0) is 6.42 Å². The Kier molecular flexibility index (Phi) is 3.27. The molecule has 98 valence electrons. The van der Waals surface area contributed by atoms with Crippen molar-refractivity contribution in [1.29, 1.82) is 0 Å². The third kappa shape index (κ3) is 2.13. The van der Waals surface area contributed by atoms with Gasteiger partial charge in [0.2, 0.25) is 0 Å². The summed E-state index contributed by atoms with van der Waals surface area (Å²) >= 11 is 0. The number of hydrogen-bond donors (Lipinski definition) is 2. The molecule has 0 aliphatic carbocycles. The molecule has 0 saturated carbocycles. The summed E-state index contributed by atoms with van der Waals surface area (Å²) in [6.07, 6.45) is 4.28. The van der Waals surface area contributed by atoms with Crippen LogP contribution in [0.3, 0.4) is 0 Å². The van der Waals surface area contributed by atoms with Crippen LogP contribution >= 0.6 is 0 Å². The van der Waals surface area contributed by atoms with Gasteiger partial charge in [-0.1, -0.05) is 18.6 Å². The standard InChI is InChI=1S/C15H22N2O/c1-17-9-7-11-10-12(5-6-14(11)17)15(18)13-4-2-3-8-16-13/h5-6,10,13,15-16,18H,2-4,7-9H2,1H3. The maximum Gasteiger partial charge on any atom is 0.0943 e. The molecule has 1 fully saturated rings. The summed E-state index contributed by atoms with van der Waals surface area (Å²) in [5.41, 5.74) is 3.77. The lowest BCUT2D eigenvalue weighted by Gasteiger charge is -2.28. The first-order chi connectivity index (χ1) is 8.75. The van der Waals surface area contributed by atoms with Gasteiger partial charge in [0, 0.05) is 25.3 Å². The minimum atomic E-state index is -0.360. The summed E-state index contributed by atoms with van der Waals surface area (Å²) in [7, 11) is 2.13. The maximum atomic E-state index is 10.5. The third-order valence-corrected chi connectivity index (χ3v) is 4.30. The number of likely N-dealkylation sites (N-methyl/N-ethyl adjacent to an activating group) is 1. The van der Waals surface area contributed by atoms with Gasteiger partial charge in [0.05, 0.1) is 6.10 Å². The molecule has 0 bridgehead atoms. The Morgan fingerprint density at radius 2 is 2.28 bits per heavy atom. The molecule has 2 N–H and O–H groups in total. The van der Waals surface area contributed by atoms with E-state index in [-0.39, 0.29) is 12.1 Å². The van der Waals surface area contributed by atoms with Crippen molar-refractivity contribution < 1.29 is 5.11 Å². The SMILES string of the molecule is CN1CCc2cc(C(O)C3CCCCN3)ccc21. The van der Waals surface area contributed by atoms with Gasteiger partial charge in [-0.3, -0.25) is 0 Å². The molecule has 3 nitrogen and oxygen atoms in total. The topological polar surface area (TPSA) is 35.5 Å². The Morgan fingerprint density at radius 3 is 3.06 bits per heavy atom. The van der Waals surface area contributed by atoms with Crippen molar-refractivity contribution in [2.24, 2.45) is 0 Å². The second kappa shape index (κ2) is 4.90. The predicted octanol–water partition coefficient (Wildman–Crippen LogP) is 1.85. The highest BCUT2D eigenvalue weighted by Gasteiger charge is 2.24. The first-order valence-corrected chi connectivity index (χ1v) is 7.01. The second-order valence-corrected chi connectivity index (χ2v) is 5.56. The molecule has 2 unspecified atom stereocenters. The predicted molar refractivity (Wildman–Crippen MR) is 74.0 cm³/mol. The molecule has 1 aromatic carbocycles. The van der Waals surface area contributed by atoms with Gasteiger partial charge in [0.15, 0.2) is 0 Å². The Morgan fingerprint density at radius 1 is 1.39 bits per heavy atom. The molecule has 0 spiro atoms. The van der Waals surface area contributed by atoms with Crippen LogP contribution in [0.5, 0.6) is 0 Å². The van der Waals surface area contributed by atoms with E-state index in [4.69, 9.17) is 0 Å². The van der Waals surface area contributed by atoms with E-state index in [1.165, 1.54) is 24.1 Å². The Balaban J connectivity index is 1.79. The average molecular weight is 246 g/mol. The first-order valence-electron chi connectivity index (χ1n) is 7.01. The van der Waals surface area contributed by atoms with E-state index >= 15 is 0 Å². The number of nitrogens with zero attached hydrogens (tertiary/aromatic N) is 1. The zero-order valence-corrected chi connectivity index (χ0v) is 11.0. The van der Waals surface area contributed by atoms with Crippen molar-refractivity contribution in [2.75, 3.05) is 25.0 Å². The van der Waals surface area contributed by atoms with Crippen LogP contribution in [0, 0.1) is 0 Å². The van der Waals surface area contributed by atoms with E-state index in [0.29, 0.717) is 0 Å². The van der Waals surface area contributed by atoms with E-state index in [9.17, 15) is 5.11 Å². The van der Waals surface area contributed by atoms with Crippen LogP contribution in [0.4, 0.5) is 5.69 Å². The lowest BCUT2D eigenvalue weighted by molar-refractivity contribution is 0.114. The van der Waals surface area contributed by atoms with E-state index in [2.05, 4.69) is 35.5 Å². The lowest BCUT2D eigenvalue weighted by atomic mass is 9.93. The van der Waals surface area contributed by atoms with Gasteiger partial charge >= 0.3 is 0 Å². The number of anilines is 1. The number of nitrogens with one attached hydrogen (secondary N) is 1. The second-order valence-electron chi connectivity index (χ2n) is 5.56. The Labute approximate surface area is 109 Å². The van der Waals surface area contributed by atoms with Crippen LogP contribution < -0.4 is 10.2 Å². The molecule has 0 amide bonds. The number of fused-ring (bicyclic) bond motifs is 1. The zero-order chi connectivity index (χ0) is 12.5. The van der Waals surface area contributed by atoms with Gasteiger partial charge in [0.1, 0.15) is 0 Å². The molecule has 3 rings (SSSR count). The highest BCUT2D eigenvalue weighted by Crippen LogP contribution is 2.31. The molecule has 0 aromatic heterocycles. The number of benzene rings is 1. The third-order valence-electron chi connectivity index (χ3n) is 4.30. The Bertz CT molecular complexity index is 427. The van der Waals surface area contributed by atoms with Crippen LogP contribution in [0.2, 0.25) is 0 Å². The summed E-state index contributed by atoms with van der Waals surface area (Å²) in [4.78, 5) is 2.28. The fourth-order valence-electron chi connectivity index (χ4n) is 3.15. The molecular weight excluding hydrogens is 224 g/mol. The van der Waals surface area contributed by atoms with E-state index in [1.807, 2.05) is 0 Å². The van der Waals surface area contributed by atoms with Gasteiger partial charge < -0.3 is 15.3 Å². The molecule has 0 radical (unpaired) electrons. The van der Waals surface area contributed by atoms with Gasteiger partial charge in [-0.25, -0.2) is 0 Å². The molecule has 2 aliphatic heterocycles. The number of piperidine rings is 1. The smallest absolute Gasteiger partial charge is 0.0943 e. The number of aliphatic hydroxyl groups is 1. The van der Waals surface area contributed by atoms with Crippen molar-refractivity contribution in [3.05, 3.63) is 29.3 Å². The molecule has 1 aromatic rings. The van der Waals surface area contributed by atoms with Crippen molar-refractivity contribution in [2.45, 2.75) is 37.8 Å². The largest absolute Gasteiger partial charge is 0.387 e. The maximum absolute atomic E-state index is 10.5. The van der Waals surface area contributed by atoms with Crippen LogP contribution in [-0.4, -0.2) is 31.3 Å². The molecule has 2 aliphatic rings. The van der Waals surface area contributed by atoms with Crippen LogP contribution in [0.25, 0.3) is 0 Å². The van der Waals surface area contributed by atoms with Crippen molar-refractivity contribution in [1.82, 2.24) is 5.32 Å². The fourth-order valence-corrected chi connectivity index (χ4v) is 3.15. The molecular formula is C15H22N2O. The van der Waals surface area contributed by atoms with Crippen LogP contribution in [0.1, 0.15) is 36.5 Å². The van der Waals surface area contributed by atoms with Gasteiger partial charge in [-0.2, -0.15) is 0 Å². The summed E-state index contributed by atoms with van der Waals surface area (Å²) < 4.78 is 0. The molecule has 2 atom stereocenters. The molecule has 1 saturated heterocycles. The molecule has 3 heteroatoms. The molecule has 2 heterocycles. The summed E-state index contributed by atoms with van der Waals surface area (Å²) in [6.45, 7) is 2.13. The monoisotopic (exact) mass is 246 g/mol. The van der Waals surface area contributed by atoms with Crippen LogP contribution in [0.15, 0.2) is 18.2 Å². The van der Waals surface area contributed by atoms with E-state index in [0.717, 1.165) is 31.5 Å². The highest BCUT2D eigenvalue weighted by atomic mass is 16.3. The first kappa shape index (κ1) is 12.0. The van der Waals surface area contributed by atoms with Crippen molar-refractivity contribution >= 4 is 5.69 Å². The summed E-state index contributed by atoms with van der Waals surface area (Å²) in [5.74, 6) is 0. The normalized spacial score (nSPS) is 25.0. The number of rotatable bonds is 2. The van der Waals surface area contributed by atoms with Crippen molar-refractivity contribution in [3.63, 3.8) is 0 Å². The number of hydrogen-bond acceptors (Lipinski definition) is 3. The van der Waals surface area contributed by atoms with Gasteiger partial charge in [-0.05, 0) is 43.0 Å². The quantitative estimate of drug-likeness (QED) is 0.836. The summed E-state index contributed by atoms with van der Waals surface area (Å²) in [5, 5.41) is 13.9. The average Bonchev–Trinajstić information content (AvgIpc) is 2.80. The fraction of sp³-hybridized carbons (Fsp3) is 0.600. The zero-order valence-electron chi connectivity index (χ0n) is 11.0. The van der Waals surface area contributed by atoms with E-state index < -0.39 is 0 Å². The highest BCUT2D eigenvalue weighted by molar-refractivity contribution is 5.58. The number of aliphatic hydroxyl groups excluding tert-OH is 1. The van der Waals surface area contributed by atoms with E-state index in [1.54, 1.807) is 0 Å². The lowest BCUT2D eigenvalue weighted by Crippen LogP contribution is -2.38. The minimum absolute atomic E-state index is 0.232. The van der Waals surface area contributed by atoms with Gasteiger partial charge in [-0.15, -0.1) is 0 Å². The Hall–Kier alpha value is -1.06. The molecule has 18 heavy (non-hydrogen) atoms. The summed E-state index contributed by atoms with van der Waals surface area (Å²) in [6, 6.07) is 6.67. The minimum Gasteiger partial charge on any atom is -0.387 e. The van der Waals surface area contributed by atoms with Gasteiger partial charge in [0.25, 0.3) is 0 Å².